The van der Waals surface area contributed by atoms with E-state index in [2.05, 4.69) is 34.1 Å². The first kappa shape index (κ1) is 20.6. The smallest absolute Gasteiger partial charge is 0.293 e. The van der Waals surface area contributed by atoms with Crippen molar-refractivity contribution in [1.82, 2.24) is 4.98 Å². The Morgan fingerprint density at radius 1 is 1.27 bits per heavy atom. The molecule has 0 atom stereocenters. The van der Waals surface area contributed by atoms with E-state index in [0.717, 1.165) is 50.2 Å². The lowest BCUT2D eigenvalue weighted by Crippen LogP contribution is -2.52. The third-order valence-electron chi connectivity index (χ3n) is 5.82. The van der Waals surface area contributed by atoms with Crippen LogP contribution in [-0.4, -0.2) is 50.9 Å². The number of ether oxygens (including phenoxy) is 2. The molecular formula is C23H28FN3O3. The first-order valence-electron chi connectivity index (χ1n) is 10.5. The zero-order valence-electron chi connectivity index (χ0n) is 17.3. The number of pyridine rings is 1. The lowest BCUT2D eigenvalue weighted by molar-refractivity contribution is -0.129. The van der Waals surface area contributed by atoms with Gasteiger partial charge < -0.3 is 19.7 Å². The zero-order chi connectivity index (χ0) is 21.0. The molecule has 0 radical (unpaired) electrons. The van der Waals surface area contributed by atoms with Gasteiger partial charge in [0.05, 0.1) is 35.7 Å². The Kier molecular flexibility index (Phi) is 6.18. The number of aryl methyl sites for hydroxylation is 1. The molecule has 2 aromatic rings. The summed E-state index contributed by atoms with van der Waals surface area (Å²) in [7, 11) is 2.12. The molecule has 1 saturated heterocycles. The van der Waals surface area contributed by atoms with E-state index in [-0.39, 0.29) is 17.3 Å². The minimum atomic E-state index is -0.220. The number of aromatic nitrogens is 1. The van der Waals surface area contributed by atoms with Gasteiger partial charge in [-0.3, -0.25) is 9.78 Å². The highest BCUT2D eigenvalue weighted by molar-refractivity contribution is 5.53. The predicted molar refractivity (Wildman–Crippen MR) is 113 cm³/mol. The molecule has 6 nitrogen and oxygen atoms in total. The molecule has 7 heteroatoms. The van der Waals surface area contributed by atoms with Crippen molar-refractivity contribution in [3.63, 3.8) is 0 Å². The van der Waals surface area contributed by atoms with Crippen LogP contribution in [0.25, 0.3) is 0 Å². The number of fused-ring (bicyclic) bond motifs is 1. The Hall–Kier alpha value is -2.67. The fraction of sp³-hybridized carbons (Fsp3) is 0.478. The van der Waals surface area contributed by atoms with Gasteiger partial charge in [0.15, 0.2) is 0 Å². The van der Waals surface area contributed by atoms with Crippen molar-refractivity contribution in [2.45, 2.75) is 37.2 Å². The molecule has 0 amide bonds. The van der Waals surface area contributed by atoms with Gasteiger partial charge >= 0.3 is 0 Å². The maximum absolute atomic E-state index is 13.0. The summed E-state index contributed by atoms with van der Waals surface area (Å²) in [5, 5.41) is 3.40. The van der Waals surface area contributed by atoms with E-state index >= 15 is 0 Å². The Bertz CT molecular complexity index is 866. The third kappa shape index (κ3) is 4.73. The largest absolute Gasteiger partial charge is 0.465 e. The maximum Gasteiger partial charge on any atom is 0.293 e. The number of nitrogens with zero attached hydrogens (tertiary/aromatic N) is 2. The second-order valence-electron chi connectivity index (χ2n) is 8.25. The van der Waals surface area contributed by atoms with E-state index in [0.29, 0.717) is 19.7 Å². The second-order valence-corrected chi connectivity index (χ2v) is 8.25. The fourth-order valence-electron chi connectivity index (χ4n) is 3.74. The number of anilines is 2. The number of rotatable bonds is 6. The quantitative estimate of drug-likeness (QED) is 0.733. The van der Waals surface area contributed by atoms with Crippen molar-refractivity contribution in [1.29, 1.82) is 0 Å². The van der Waals surface area contributed by atoms with Gasteiger partial charge in [-0.05, 0) is 62.1 Å². The number of carbonyl (C=O) groups is 1. The van der Waals surface area contributed by atoms with E-state index in [1.807, 2.05) is 0 Å². The summed E-state index contributed by atoms with van der Waals surface area (Å²) in [5.74, 6) is -0.220. The first-order chi connectivity index (χ1) is 14.6. The van der Waals surface area contributed by atoms with Gasteiger partial charge in [0, 0.05) is 25.8 Å². The Labute approximate surface area is 176 Å². The maximum atomic E-state index is 13.0. The molecule has 30 heavy (non-hydrogen) atoms. The predicted octanol–water partition coefficient (Wildman–Crippen LogP) is 3.31. The number of benzene rings is 1. The van der Waals surface area contributed by atoms with Crippen molar-refractivity contribution in [3.8, 4) is 0 Å². The third-order valence-corrected chi connectivity index (χ3v) is 5.82. The van der Waals surface area contributed by atoms with E-state index in [9.17, 15) is 9.18 Å². The van der Waals surface area contributed by atoms with Gasteiger partial charge in [0.2, 0.25) is 0 Å². The summed E-state index contributed by atoms with van der Waals surface area (Å²) in [6.07, 6.45) is 4.60. The molecule has 3 heterocycles. The monoisotopic (exact) mass is 413 g/mol. The van der Waals surface area contributed by atoms with Gasteiger partial charge in [-0.25, -0.2) is 4.39 Å². The molecule has 0 unspecified atom stereocenters. The van der Waals surface area contributed by atoms with Crippen molar-refractivity contribution in [2.75, 3.05) is 43.6 Å². The number of halogens is 1. The molecule has 2 fully saturated rings. The van der Waals surface area contributed by atoms with E-state index in [4.69, 9.17) is 9.72 Å². The summed E-state index contributed by atoms with van der Waals surface area (Å²) >= 11 is 0. The molecule has 3 aliphatic rings. The van der Waals surface area contributed by atoms with E-state index in [1.54, 1.807) is 12.1 Å². The molecule has 1 saturated carbocycles. The SMILES string of the molecule is CN1CCCc2nc(C3(CNc4ccc(F)cc4)COC3)ccc21.O=COC1CC1. The second kappa shape index (κ2) is 9.00. The summed E-state index contributed by atoms with van der Waals surface area (Å²) in [4.78, 5) is 16.7. The van der Waals surface area contributed by atoms with E-state index in [1.165, 1.54) is 23.5 Å². The van der Waals surface area contributed by atoms with Gasteiger partial charge in [-0.15, -0.1) is 0 Å². The van der Waals surface area contributed by atoms with Gasteiger partial charge in [-0.1, -0.05) is 0 Å². The van der Waals surface area contributed by atoms with Crippen LogP contribution in [-0.2, 0) is 26.1 Å². The zero-order valence-corrected chi connectivity index (χ0v) is 17.3. The van der Waals surface area contributed by atoms with Crippen LogP contribution in [0.15, 0.2) is 36.4 Å². The van der Waals surface area contributed by atoms with Crippen molar-refractivity contribution in [2.24, 2.45) is 0 Å². The van der Waals surface area contributed by atoms with Gasteiger partial charge in [-0.2, -0.15) is 0 Å². The van der Waals surface area contributed by atoms with Crippen molar-refractivity contribution >= 4 is 17.8 Å². The van der Waals surface area contributed by atoms with Crippen molar-refractivity contribution in [3.05, 3.63) is 53.6 Å². The topological polar surface area (TPSA) is 63.7 Å². The van der Waals surface area contributed by atoms with E-state index < -0.39 is 0 Å². The van der Waals surface area contributed by atoms with Crippen LogP contribution in [0, 0.1) is 5.82 Å². The molecule has 1 N–H and O–H groups in total. The Morgan fingerprint density at radius 2 is 2.03 bits per heavy atom. The minimum Gasteiger partial charge on any atom is -0.465 e. The van der Waals surface area contributed by atoms with Gasteiger partial charge in [0.25, 0.3) is 6.47 Å². The van der Waals surface area contributed by atoms with Crippen LogP contribution in [0.2, 0.25) is 0 Å². The van der Waals surface area contributed by atoms with Crippen LogP contribution in [0.5, 0.6) is 0 Å². The lowest BCUT2D eigenvalue weighted by Gasteiger charge is -2.42. The normalized spacial score (nSPS) is 18.9. The summed E-state index contributed by atoms with van der Waals surface area (Å²) in [6.45, 7) is 3.68. The number of carbonyl (C=O) groups excluding carboxylic acids is 1. The molecule has 1 aliphatic carbocycles. The number of hydrogen-bond donors (Lipinski definition) is 1. The lowest BCUT2D eigenvalue weighted by atomic mass is 9.81. The standard InChI is InChI=1S/C19H22FN3O.C4H6O2/c1-23-10-2-3-16-17(23)8-9-18(22-16)19(12-24-13-19)11-21-15-6-4-14(20)5-7-15;5-3-6-4-1-2-4/h4-9,21H,2-3,10-13H2,1H3;3-4H,1-2H2. The van der Waals surface area contributed by atoms with Crippen LogP contribution < -0.4 is 10.2 Å². The number of nitrogens with one attached hydrogen (secondary N) is 1. The summed E-state index contributed by atoms with van der Waals surface area (Å²) in [6, 6.07) is 10.8. The highest BCUT2D eigenvalue weighted by Gasteiger charge is 2.42. The Balaban J connectivity index is 0.000000313. The van der Waals surface area contributed by atoms with Crippen LogP contribution in [0.4, 0.5) is 15.8 Å². The highest BCUT2D eigenvalue weighted by Crippen LogP contribution is 2.34. The highest BCUT2D eigenvalue weighted by atomic mass is 19.1. The fourth-order valence-corrected chi connectivity index (χ4v) is 3.74. The van der Waals surface area contributed by atoms with Crippen LogP contribution in [0.3, 0.4) is 0 Å². The van der Waals surface area contributed by atoms with Crippen LogP contribution >= 0.6 is 0 Å². The Morgan fingerprint density at radius 3 is 2.63 bits per heavy atom. The summed E-state index contributed by atoms with van der Waals surface area (Å²) < 4.78 is 23.0. The van der Waals surface area contributed by atoms with Crippen LogP contribution in [0.1, 0.15) is 30.7 Å². The molecule has 0 bridgehead atoms. The molecule has 0 spiro atoms. The molecule has 2 aliphatic heterocycles. The van der Waals surface area contributed by atoms with Gasteiger partial charge in [0.1, 0.15) is 11.9 Å². The summed E-state index contributed by atoms with van der Waals surface area (Å²) in [5.41, 5.74) is 4.35. The van der Waals surface area contributed by atoms with Crippen molar-refractivity contribution < 1.29 is 18.7 Å². The molecule has 1 aromatic carbocycles. The molecule has 160 valence electrons. The first-order valence-corrected chi connectivity index (χ1v) is 10.5. The molecular weight excluding hydrogens is 385 g/mol. The minimum absolute atomic E-state index is 0.0978. The molecule has 1 aromatic heterocycles. The molecule has 5 rings (SSSR count). The average molecular weight is 413 g/mol. The average Bonchev–Trinajstić information content (AvgIpc) is 3.54. The number of hydrogen-bond acceptors (Lipinski definition) is 6.